The average molecular weight is 408 g/mol. The predicted octanol–water partition coefficient (Wildman–Crippen LogP) is 3.30. The topological polar surface area (TPSA) is 105 Å². The number of methoxy groups -OCH3 is 1. The number of aromatic hydroxyl groups is 1. The third-order valence-electron chi connectivity index (χ3n) is 4.17. The number of benzene rings is 2. The fourth-order valence-electron chi connectivity index (χ4n) is 2.50. The van der Waals surface area contributed by atoms with Crippen molar-refractivity contribution in [3.05, 3.63) is 53.1 Å². The highest BCUT2D eigenvalue weighted by atomic mass is 35.5. The lowest BCUT2D eigenvalue weighted by Gasteiger charge is -2.28. The molecule has 0 saturated heterocycles. The van der Waals surface area contributed by atoms with Crippen LogP contribution in [0.2, 0.25) is 5.02 Å². The minimum Gasteiger partial charge on any atom is -0.508 e. The number of hydrogen-bond acceptors (Lipinski definition) is 6. The van der Waals surface area contributed by atoms with Crippen LogP contribution in [0.3, 0.4) is 0 Å². The molecule has 0 spiro atoms. The van der Waals surface area contributed by atoms with Gasteiger partial charge in [0.15, 0.2) is 6.61 Å². The van der Waals surface area contributed by atoms with Gasteiger partial charge in [0.2, 0.25) is 0 Å². The molecule has 8 heteroatoms. The quantitative estimate of drug-likeness (QED) is 0.608. The highest BCUT2D eigenvalue weighted by Crippen LogP contribution is 2.35. The molecular formula is C20H22ClNO6. The molecule has 3 N–H and O–H groups in total. The third-order valence-corrected chi connectivity index (χ3v) is 4.40. The molecule has 7 nitrogen and oxygen atoms in total. The van der Waals surface area contributed by atoms with Gasteiger partial charge in [-0.1, -0.05) is 23.7 Å². The van der Waals surface area contributed by atoms with Crippen LogP contribution >= 0.6 is 11.6 Å². The van der Waals surface area contributed by atoms with Gasteiger partial charge in [0.05, 0.1) is 24.3 Å². The zero-order valence-corrected chi connectivity index (χ0v) is 16.5. The van der Waals surface area contributed by atoms with E-state index < -0.39 is 30.0 Å². The van der Waals surface area contributed by atoms with Gasteiger partial charge in [0, 0.05) is 5.02 Å². The van der Waals surface area contributed by atoms with Crippen molar-refractivity contribution in [1.29, 1.82) is 0 Å². The molecule has 0 radical (unpaired) electrons. The fraction of sp³-hybridized carbons (Fsp3) is 0.300. The summed E-state index contributed by atoms with van der Waals surface area (Å²) in [5, 5.41) is 23.0. The van der Waals surface area contributed by atoms with E-state index in [1.807, 2.05) is 0 Å². The maximum Gasteiger partial charge on any atom is 0.315 e. The summed E-state index contributed by atoms with van der Waals surface area (Å²) in [7, 11) is 1.45. The summed E-state index contributed by atoms with van der Waals surface area (Å²) < 4.78 is 10.2. The fourth-order valence-corrected chi connectivity index (χ4v) is 2.68. The number of esters is 1. The SMILES string of the molecule is COc1ccc(Cl)cc1NC(=O)COC(=O)C(C)(C)C(O)c1cccc(O)c1. The smallest absolute Gasteiger partial charge is 0.315 e. The molecular weight excluding hydrogens is 386 g/mol. The van der Waals surface area contributed by atoms with E-state index in [1.54, 1.807) is 24.3 Å². The number of carbonyl (C=O) groups is 2. The van der Waals surface area contributed by atoms with Crippen LogP contribution in [0.4, 0.5) is 5.69 Å². The number of nitrogens with one attached hydrogen (secondary N) is 1. The maximum atomic E-state index is 12.4. The molecule has 28 heavy (non-hydrogen) atoms. The minimum atomic E-state index is -1.35. The summed E-state index contributed by atoms with van der Waals surface area (Å²) in [6.07, 6.45) is -1.23. The molecule has 0 aliphatic heterocycles. The van der Waals surface area contributed by atoms with Crippen LogP contribution in [0, 0.1) is 5.41 Å². The Kier molecular flexibility index (Phi) is 6.88. The molecule has 150 valence electrons. The standard InChI is InChI=1S/C20H22ClNO6/c1-20(2,18(25)12-5-4-6-14(23)9-12)19(26)28-11-17(24)22-15-10-13(21)7-8-16(15)27-3/h4-10,18,23,25H,11H2,1-3H3,(H,22,24). The number of aliphatic hydroxyl groups excluding tert-OH is 1. The first-order valence-corrected chi connectivity index (χ1v) is 8.80. The Morgan fingerprint density at radius 2 is 1.93 bits per heavy atom. The normalized spacial score (nSPS) is 12.2. The molecule has 0 fully saturated rings. The van der Waals surface area contributed by atoms with Gasteiger partial charge in [-0.05, 0) is 49.7 Å². The molecule has 0 saturated carbocycles. The second-order valence-electron chi connectivity index (χ2n) is 6.69. The van der Waals surface area contributed by atoms with Crippen molar-refractivity contribution in [1.82, 2.24) is 0 Å². The number of phenols is 1. The summed E-state index contributed by atoms with van der Waals surface area (Å²) in [5.41, 5.74) is -0.646. The zero-order valence-electron chi connectivity index (χ0n) is 15.7. The van der Waals surface area contributed by atoms with Crippen LogP contribution in [0.1, 0.15) is 25.5 Å². The van der Waals surface area contributed by atoms with Gasteiger partial charge in [-0.2, -0.15) is 0 Å². The molecule has 1 amide bonds. The Bertz CT molecular complexity index is 868. The molecule has 1 unspecified atom stereocenters. The molecule has 0 heterocycles. The first-order valence-electron chi connectivity index (χ1n) is 8.42. The number of phenolic OH excluding ortho intramolecular Hbond substituents is 1. The van der Waals surface area contributed by atoms with Crippen molar-refractivity contribution < 1.29 is 29.3 Å². The van der Waals surface area contributed by atoms with Gasteiger partial charge >= 0.3 is 5.97 Å². The van der Waals surface area contributed by atoms with Crippen molar-refractivity contribution >= 4 is 29.2 Å². The van der Waals surface area contributed by atoms with Gasteiger partial charge in [-0.15, -0.1) is 0 Å². The van der Waals surface area contributed by atoms with Gasteiger partial charge in [-0.3, -0.25) is 9.59 Å². The molecule has 1 atom stereocenters. The lowest BCUT2D eigenvalue weighted by Crippen LogP contribution is -2.35. The average Bonchev–Trinajstić information content (AvgIpc) is 2.65. The Morgan fingerprint density at radius 1 is 1.21 bits per heavy atom. The Morgan fingerprint density at radius 3 is 2.57 bits per heavy atom. The van der Waals surface area contributed by atoms with E-state index in [0.717, 1.165) is 0 Å². The second-order valence-corrected chi connectivity index (χ2v) is 7.12. The molecule has 0 aliphatic carbocycles. The summed E-state index contributed by atoms with van der Waals surface area (Å²) in [6, 6.07) is 10.7. The second kappa shape index (κ2) is 8.95. The molecule has 2 aromatic rings. The number of hydrogen-bond donors (Lipinski definition) is 3. The predicted molar refractivity (Wildman–Crippen MR) is 104 cm³/mol. The van der Waals surface area contributed by atoms with Crippen molar-refractivity contribution in [2.75, 3.05) is 19.0 Å². The van der Waals surface area contributed by atoms with Crippen molar-refractivity contribution in [2.45, 2.75) is 20.0 Å². The van der Waals surface area contributed by atoms with Gasteiger partial charge in [0.1, 0.15) is 11.5 Å². The molecule has 0 aromatic heterocycles. The number of anilines is 1. The summed E-state index contributed by atoms with van der Waals surface area (Å²) in [5.74, 6) is -0.979. The highest BCUT2D eigenvalue weighted by Gasteiger charge is 2.38. The number of halogens is 1. The van der Waals surface area contributed by atoms with Crippen molar-refractivity contribution in [3.8, 4) is 11.5 Å². The number of amides is 1. The highest BCUT2D eigenvalue weighted by molar-refractivity contribution is 6.31. The Hall–Kier alpha value is -2.77. The Labute approximate surface area is 167 Å². The van der Waals surface area contributed by atoms with Crippen LogP contribution in [0.5, 0.6) is 11.5 Å². The van der Waals surface area contributed by atoms with Crippen LogP contribution in [-0.4, -0.2) is 35.8 Å². The number of ether oxygens (including phenoxy) is 2. The minimum absolute atomic E-state index is 0.0319. The zero-order chi connectivity index (χ0) is 20.9. The maximum absolute atomic E-state index is 12.4. The van der Waals surface area contributed by atoms with E-state index in [-0.39, 0.29) is 5.75 Å². The van der Waals surface area contributed by atoms with Crippen molar-refractivity contribution in [3.63, 3.8) is 0 Å². The summed E-state index contributed by atoms with van der Waals surface area (Å²) >= 11 is 5.91. The van der Waals surface area contributed by atoms with E-state index >= 15 is 0 Å². The Balaban J connectivity index is 2.00. The first kappa shape index (κ1) is 21.5. The van der Waals surface area contributed by atoms with E-state index in [1.165, 1.54) is 39.2 Å². The van der Waals surface area contributed by atoms with E-state index in [4.69, 9.17) is 21.1 Å². The summed E-state index contributed by atoms with van der Waals surface area (Å²) in [6.45, 7) is 2.43. The van der Waals surface area contributed by atoms with Crippen LogP contribution < -0.4 is 10.1 Å². The van der Waals surface area contributed by atoms with Gasteiger partial charge in [-0.25, -0.2) is 0 Å². The van der Waals surface area contributed by atoms with Crippen molar-refractivity contribution in [2.24, 2.45) is 5.41 Å². The van der Waals surface area contributed by atoms with Crippen LogP contribution in [0.25, 0.3) is 0 Å². The number of aliphatic hydroxyl groups is 1. The molecule has 0 bridgehead atoms. The number of rotatable bonds is 7. The summed E-state index contributed by atoms with van der Waals surface area (Å²) in [4.78, 5) is 24.6. The first-order chi connectivity index (χ1) is 13.1. The van der Waals surface area contributed by atoms with E-state index in [9.17, 15) is 19.8 Å². The van der Waals surface area contributed by atoms with E-state index in [0.29, 0.717) is 22.0 Å². The molecule has 0 aliphatic rings. The molecule has 2 aromatic carbocycles. The molecule has 2 rings (SSSR count). The van der Waals surface area contributed by atoms with Crippen LogP contribution in [-0.2, 0) is 14.3 Å². The largest absolute Gasteiger partial charge is 0.508 e. The lowest BCUT2D eigenvalue weighted by molar-refractivity contribution is -0.162. The van der Waals surface area contributed by atoms with Gasteiger partial charge in [0.25, 0.3) is 5.91 Å². The monoisotopic (exact) mass is 407 g/mol. The number of carbonyl (C=O) groups excluding carboxylic acids is 2. The lowest BCUT2D eigenvalue weighted by atomic mass is 9.82. The van der Waals surface area contributed by atoms with Gasteiger partial charge < -0.3 is 25.0 Å². The third kappa shape index (κ3) is 5.15. The van der Waals surface area contributed by atoms with E-state index in [2.05, 4.69) is 5.32 Å². The van der Waals surface area contributed by atoms with Crippen LogP contribution in [0.15, 0.2) is 42.5 Å².